The Balaban J connectivity index is 1.70. The van der Waals surface area contributed by atoms with E-state index in [0.29, 0.717) is 36.5 Å². The van der Waals surface area contributed by atoms with Crippen LogP contribution < -0.4 is 5.32 Å². The highest BCUT2D eigenvalue weighted by molar-refractivity contribution is 9.09. The number of hydrogen-bond acceptors (Lipinski definition) is 3. The number of Topliss-reactive ketones (excluding diaryl/α,β-unsaturated/α-hetero) is 1. The Hall–Kier alpha value is -1.23. The standard InChI is InChI=1S/C21H26BrNO3/c1-12(24)23-11-21-8-6-15-14(16(21)3-4-19(21)26)10-18(22)17-9-13(25)5-7-20(15,17)2/h5,7,9,14-16,18H,3-4,6,8,10-11H2,1-2H3,(H,23,24)/t14-,15+,16+,18+,20-,21-/m1/s1. The molecule has 0 aromatic heterocycles. The molecular weight excluding hydrogens is 394 g/mol. The minimum Gasteiger partial charge on any atom is -0.355 e. The molecular formula is C21H26BrNO3. The van der Waals surface area contributed by atoms with Crippen molar-refractivity contribution in [2.75, 3.05) is 6.54 Å². The van der Waals surface area contributed by atoms with Crippen LogP contribution in [0.3, 0.4) is 0 Å². The smallest absolute Gasteiger partial charge is 0.216 e. The predicted molar refractivity (Wildman–Crippen MR) is 103 cm³/mol. The van der Waals surface area contributed by atoms with E-state index in [1.54, 1.807) is 6.08 Å². The van der Waals surface area contributed by atoms with Gasteiger partial charge in [0.2, 0.25) is 5.91 Å². The highest BCUT2D eigenvalue weighted by Crippen LogP contribution is 2.64. The van der Waals surface area contributed by atoms with Crippen LogP contribution in [0.15, 0.2) is 23.8 Å². The number of fused-ring (bicyclic) bond motifs is 5. The van der Waals surface area contributed by atoms with E-state index < -0.39 is 0 Å². The molecule has 0 aromatic carbocycles. The first kappa shape index (κ1) is 18.1. The first-order valence-electron chi connectivity index (χ1n) is 9.65. The summed E-state index contributed by atoms with van der Waals surface area (Å²) in [5.74, 6) is 1.56. The lowest BCUT2D eigenvalue weighted by molar-refractivity contribution is -0.133. The van der Waals surface area contributed by atoms with E-state index in [0.717, 1.165) is 25.7 Å². The Morgan fingerprint density at radius 3 is 2.81 bits per heavy atom. The third kappa shape index (κ3) is 2.49. The molecule has 0 radical (unpaired) electrons. The molecule has 6 atom stereocenters. The van der Waals surface area contributed by atoms with Gasteiger partial charge in [0.1, 0.15) is 5.78 Å². The van der Waals surface area contributed by atoms with Crippen LogP contribution >= 0.6 is 15.9 Å². The average molecular weight is 420 g/mol. The van der Waals surface area contributed by atoms with Crippen molar-refractivity contribution in [2.24, 2.45) is 28.6 Å². The summed E-state index contributed by atoms with van der Waals surface area (Å²) in [5, 5.41) is 2.94. The lowest BCUT2D eigenvalue weighted by Crippen LogP contribution is -2.55. The van der Waals surface area contributed by atoms with Gasteiger partial charge in [-0.05, 0) is 61.2 Å². The first-order valence-corrected chi connectivity index (χ1v) is 10.6. The second kappa shape index (κ2) is 6.15. The number of halogens is 1. The molecule has 26 heavy (non-hydrogen) atoms. The van der Waals surface area contributed by atoms with Gasteiger partial charge in [0.25, 0.3) is 0 Å². The zero-order valence-electron chi connectivity index (χ0n) is 15.4. The molecule has 4 rings (SSSR count). The van der Waals surface area contributed by atoms with Crippen LogP contribution in [-0.2, 0) is 14.4 Å². The molecule has 5 heteroatoms. The van der Waals surface area contributed by atoms with Gasteiger partial charge in [0, 0.05) is 35.5 Å². The zero-order valence-corrected chi connectivity index (χ0v) is 17.0. The molecule has 0 unspecified atom stereocenters. The van der Waals surface area contributed by atoms with Crippen molar-refractivity contribution in [1.82, 2.24) is 5.32 Å². The quantitative estimate of drug-likeness (QED) is 0.697. The Morgan fingerprint density at radius 2 is 2.08 bits per heavy atom. The van der Waals surface area contributed by atoms with Crippen LogP contribution in [0.25, 0.3) is 0 Å². The van der Waals surface area contributed by atoms with Gasteiger partial charge in [-0.3, -0.25) is 14.4 Å². The van der Waals surface area contributed by atoms with Crippen molar-refractivity contribution in [2.45, 2.75) is 50.8 Å². The van der Waals surface area contributed by atoms with Gasteiger partial charge < -0.3 is 5.32 Å². The van der Waals surface area contributed by atoms with Crippen molar-refractivity contribution in [3.63, 3.8) is 0 Å². The van der Waals surface area contributed by atoms with E-state index >= 15 is 0 Å². The van der Waals surface area contributed by atoms with Crippen molar-refractivity contribution < 1.29 is 14.4 Å². The van der Waals surface area contributed by atoms with Crippen molar-refractivity contribution in [1.29, 1.82) is 0 Å². The molecule has 0 aliphatic heterocycles. The number of alkyl halides is 1. The molecule has 1 N–H and O–H groups in total. The van der Waals surface area contributed by atoms with Crippen LogP contribution in [-0.4, -0.2) is 28.8 Å². The number of allylic oxidation sites excluding steroid dienone is 4. The van der Waals surface area contributed by atoms with Gasteiger partial charge in [-0.1, -0.05) is 28.9 Å². The topological polar surface area (TPSA) is 63.2 Å². The molecule has 0 spiro atoms. The molecule has 4 aliphatic carbocycles. The molecule has 0 aromatic rings. The van der Waals surface area contributed by atoms with E-state index in [9.17, 15) is 14.4 Å². The summed E-state index contributed by atoms with van der Waals surface area (Å²) in [6.07, 6.45) is 9.97. The van der Waals surface area contributed by atoms with Crippen molar-refractivity contribution >= 4 is 33.4 Å². The zero-order chi connectivity index (χ0) is 18.7. The summed E-state index contributed by atoms with van der Waals surface area (Å²) in [6, 6.07) is 0. The van der Waals surface area contributed by atoms with E-state index in [1.807, 2.05) is 6.08 Å². The third-order valence-corrected chi connectivity index (χ3v) is 8.50. The average Bonchev–Trinajstić information content (AvgIpc) is 2.92. The van der Waals surface area contributed by atoms with Gasteiger partial charge in [0.15, 0.2) is 5.78 Å². The normalized spacial score (nSPS) is 44.0. The van der Waals surface area contributed by atoms with E-state index in [-0.39, 0.29) is 27.3 Å². The van der Waals surface area contributed by atoms with Crippen LogP contribution in [0, 0.1) is 28.6 Å². The van der Waals surface area contributed by atoms with Gasteiger partial charge >= 0.3 is 0 Å². The minimum atomic E-state index is -0.384. The second-order valence-corrected chi connectivity index (χ2v) is 9.87. The maximum atomic E-state index is 12.9. The van der Waals surface area contributed by atoms with Crippen molar-refractivity contribution in [3.8, 4) is 0 Å². The number of ketones is 2. The van der Waals surface area contributed by atoms with E-state index in [2.05, 4.69) is 34.2 Å². The fourth-order valence-electron chi connectivity index (χ4n) is 6.39. The number of carbonyl (C=O) groups is 3. The highest BCUT2D eigenvalue weighted by Gasteiger charge is 2.61. The fraction of sp³-hybridized carbons (Fsp3) is 0.667. The summed E-state index contributed by atoms with van der Waals surface area (Å²) in [6.45, 7) is 4.26. The number of amides is 1. The summed E-state index contributed by atoms with van der Waals surface area (Å²) in [7, 11) is 0. The summed E-state index contributed by atoms with van der Waals surface area (Å²) in [4.78, 5) is 36.5. The Morgan fingerprint density at radius 1 is 1.31 bits per heavy atom. The SMILES string of the molecule is CC(=O)NC[C@]12CC[C@H]3[C@@H](C[C@H](Br)C4=CC(=O)C=C[C@@]43C)[C@@H]1CCC2=O. The Labute approximate surface area is 163 Å². The molecule has 3 saturated carbocycles. The van der Waals surface area contributed by atoms with E-state index in [4.69, 9.17) is 0 Å². The van der Waals surface area contributed by atoms with Gasteiger partial charge in [-0.25, -0.2) is 0 Å². The van der Waals surface area contributed by atoms with Crippen LogP contribution in [0.2, 0.25) is 0 Å². The van der Waals surface area contributed by atoms with Crippen LogP contribution in [0.4, 0.5) is 0 Å². The van der Waals surface area contributed by atoms with Crippen LogP contribution in [0.5, 0.6) is 0 Å². The van der Waals surface area contributed by atoms with Gasteiger partial charge in [-0.15, -0.1) is 0 Å². The van der Waals surface area contributed by atoms with Gasteiger partial charge in [0.05, 0.1) is 0 Å². The van der Waals surface area contributed by atoms with Gasteiger partial charge in [-0.2, -0.15) is 0 Å². The lowest BCUT2D eigenvalue weighted by Gasteiger charge is -2.57. The summed E-state index contributed by atoms with van der Waals surface area (Å²) < 4.78 is 0. The Bertz CT molecular complexity index is 742. The molecule has 1 amide bonds. The summed E-state index contributed by atoms with van der Waals surface area (Å²) >= 11 is 3.84. The molecule has 3 fully saturated rings. The molecule has 0 heterocycles. The molecule has 140 valence electrons. The molecule has 4 nitrogen and oxygen atoms in total. The Kier molecular flexibility index (Phi) is 4.29. The van der Waals surface area contributed by atoms with E-state index in [1.165, 1.54) is 12.5 Å². The molecule has 0 saturated heterocycles. The number of rotatable bonds is 2. The number of nitrogens with one attached hydrogen (secondary N) is 1. The first-order chi connectivity index (χ1) is 12.3. The highest BCUT2D eigenvalue weighted by atomic mass is 79.9. The lowest BCUT2D eigenvalue weighted by atomic mass is 9.48. The predicted octanol–water partition coefficient (Wildman–Crippen LogP) is 3.35. The largest absolute Gasteiger partial charge is 0.355 e. The molecule has 4 aliphatic rings. The third-order valence-electron chi connectivity index (χ3n) is 7.64. The molecule has 0 bridgehead atoms. The fourth-order valence-corrected chi connectivity index (χ4v) is 7.45. The summed E-state index contributed by atoms with van der Waals surface area (Å²) in [5.41, 5.74) is 0.701. The number of carbonyl (C=O) groups excluding carboxylic acids is 3. The van der Waals surface area contributed by atoms with Crippen molar-refractivity contribution in [3.05, 3.63) is 23.8 Å². The van der Waals surface area contributed by atoms with Crippen LogP contribution in [0.1, 0.15) is 46.0 Å². The maximum absolute atomic E-state index is 12.9. The maximum Gasteiger partial charge on any atom is 0.216 e. The minimum absolute atomic E-state index is 0.0622. The number of hydrogen-bond donors (Lipinski definition) is 1. The second-order valence-electron chi connectivity index (χ2n) is 8.76. The monoisotopic (exact) mass is 419 g/mol.